The molecule has 0 aromatic heterocycles. The van der Waals surface area contributed by atoms with E-state index in [9.17, 15) is 18.4 Å². The van der Waals surface area contributed by atoms with Gasteiger partial charge in [0.15, 0.2) is 5.84 Å². The highest BCUT2D eigenvalue weighted by Crippen LogP contribution is 2.49. The largest absolute Gasteiger partial charge is 0.481 e. The standard InChI is InChI=1S/C21H30F2N4O4S/c1-6-31-19(30)13-10-25-17(18(24-5)32-7-2)26-14(13)11-27-12-21(22,23)20(3,4)15(27)8-9-16(28)29/h7,15H,2,6,8-12H2,1,3-5H3,(H,25,26)(H,28,29)/t15-/m0/s1. The predicted molar refractivity (Wildman–Crippen MR) is 121 cm³/mol. The summed E-state index contributed by atoms with van der Waals surface area (Å²) >= 11 is 1.24. The Morgan fingerprint density at radius 3 is 2.72 bits per heavy atom. The van der Waals surface area contributed by atoms with Gasteiger partial charge in [-0.2, -0.15) is 0 Å². The number of hydrogen-bond acceptors (Lipinski definition) is 8. The number of carboxylic acid groups (broad SMARTS) is 1. The topological polar surface area (TPSA) is 104 Å². The highest BCUT2D eigenvalue weighted by atomic mass is 32.2. The molecule has 1 fully saturated rings. The molecule has 0 bridgehead atoms. The molecule has 11 heteroatoms. The number of likely N-dealkylation sites (tertiary alicyclic amines) is 1. The first kappa shape index (κ1) is 26.0. The molecule has 0 aliphatic carbocycles. The van der Waals surface area contributed by atoms with Crippen molar-refractivity contribution in [2.75, 3.05) is 33.3 Å². The summed E-state index contributed by atoms with van der Waals surface area (Å²) in [5, 5.41) is 14.3. The number of carboxylic acids is 1. The molecule has 32 heavy (non-hydrogen) atoms. The maximum Gasteiger partial charge on any atom is 0.337 e. The summed E-state index contributed by atoms with van der Waals surface area (Å²) < 4.78 is 34.9. The number of amidine groups is 1. The number of ether oxygens (including phenoxy) is 1. The quantitative estimate of drug-likeness (QED) is 0.302. The van der Waals surface area contributed by atoms with Crippen LogP contribution in [0.1, 0.15) is 33.6 Å². The minimum atomic E-state index is -3.03. The summed E-state index contributed by atoms with van der Waals surface area (Å²) in [5.74, 6) is -4.23. The molecule has 0 spiro atoms. The van der Waals surface area contributed by atoms with Gasteiger partial charge in [0.25, 0.3) is 5.92 Å². The molecule has 2 heterocycles. The fraction of sp³-hybridized carbons (Fsp3) is 0.619. The molecule has 0 unspecified atom stereocenters. The second-order valence-corrected chi connectivity index (χ2v) is 9.02. The lowest BCUT2D eigenvalue weighted by Crippen LogP contribution is -2.44. The molecule has 2 aliphatic heterocycles. The van der Waals surface area contributed by atoms with Gasteiger partial charge >= 0.3 is 11.9 Å². The van der Waals surface area contributed by atoms with Gasteiger partial charge < -0.3 is 15.2 Å². The van der Waals surface area contributed by atoms with Gasteiger partial charge in [-0.15, -0.1) is 0 Å². The number of aliphatic carboxylic acids is 1. The van der Waals surface area contributed by atoms with E-state index in [4.69, 9.17) is 9.84 Å². The van der Waals surface area contributed by atoms with Crippen molar-refractivity contribution in [2.24, 2.45) is 15.4 Å². The average molecular weight is 473 g/mol. The number of aliphatic imine (C=N–C) groups is 2. The second-order valence-electron chi connectivity index (χ2n) is 8.06. The number of carbonyl (C=O) groups excluding carboxylic acids is 1. The summed E-state index contributed by atoms with van der Waals surface area (Å²) in [6.45, 7) is 7.86. The van der Waals surface area contributed by atoms with Crippen LogP contribution in [0.25, 0.3) is 0 Å². The van der Waals surface area contributed by atoms with Gasteiger partial charge in [0, 0.05) is 37.2 Å². The molecule has 1 atom stereocenters. The van der Waals surface area contributed by atoms with Gasteiger partial charge in [-0.3, -0.25) is 19.7 Å². The van der Waals surface area contributed by atoms with Gasteiger partial charge in [0.05, 0.1) is 25.3 Å². The minimum absolute atomic E-state index is 0.00771. The number of rotatable bonds is 9. The Morgan fingerprint density at radius 1 is 1.47 bits per heavy atom. The molecule has 8 nitrogen and oxygen atoms in total. The van der Waals surface area contributed by atoms with Gasteiger partial charge in [-0.25, -0.2) is 13.6 Å². The smallest absolute Gasteiger partial charge is 0.337 e. The molecule has 0 amide bonds. The monoisotopic (exact) mass is 472 g/mol. The number of esters is 1. The van der Waals surface area contributed by atoms with Crippen LogP contribution >= 0.6 is 11.8 Å². The zero-order chi connectivity index (χ0) is 24.1. The van der Waals surface area contributed by atoms with Crippen LogP contribution in [-0.4, -0.2) is 78.1 Å². The average Bonchev–Trinajstić information content (AvgIpc) is 2.88. The van der Waals surface area contributed by atoms with Crippen molar-refractivity contribution in [3.05, 3.63) is 23.3 Å². The third-order valence-electron chi connectivity index (χ3n) is 5.76. The van der Waals surface area contributed by atoms with Crippen LogP contribution in [0, 0.1) is 5.41 Å². The predicted octanol–water partition coefficient (Wildman–Crippen LogP) is 2.92. The summed E-state index contributed by atoms with van der Waals surface area (Å²) in [5.41, 5.74) is -0.791. The molecular weight excluding hydrogens is 442 g/mol. The maximum absolute atomic E-state index is 14.9. The van der Waals surface area contributed by atoms with E-state index in [1.54, 1.807) is 19.4 Å². The zero-order valence-corrected chi connectivity index (χ0v) is 19.6. The lowest BCUT2D eigenvalue weighted by Gasteiger charge is -2.34. The van der Waals surface area contributed by atoms with Crippen molar-refractivity contribution in [1.82, 2.24) is 10.2 Å². The molecule has 1 saturated heterocycles. The van der Waals surface area contributed by atoms with E-state index in [-0.39, 0.29) is 38.1 Å². The normalized spacial score (nSPS) is 22.9. The van der Waals surface area contributed by atoms with Gasteiger partial charge in [-0.1, -0.05) is 32.2 Å². The number of nitrogens with one attached hydrogen (secondary N) is 1. The van der Waals surface area contributed by atoms with Gasteiger partial charge in [-0.05, 0) is 18.8 Å². The molecule has 0 saturated carbocycles. The number of thioether (sulfide) groups is 1. The number of alkyl halides is 2. The van der Waals surface area contributed by atoms with Crippen molar-refractivity contribution in [3.63, 3.8) is 0 Å². The third kappa shape index (κ3) is 5.55. The zero-order valence-electron chi connectivity index (χ0n) is 18.8. The van der Waals surface area contributed by atoms with E-state index < -0.39 is 35.9 Å². The molecule has 0 aromatic rings. The molecular formula is C21H30F2N4O4S. The molecule has 0 radical (unpaired) electrons. The second kappa shape index (κ2) is 10.6. The summed E-state index contributed by atoms with van der Waals surface area (Å²) in [6, 6.07) is -0.699. The van der Waals surface area contributed by atoms with Crippen LogP contribution in [-0.2, 0) is 14.3 Å². The molecule has 178 valence electrons. The van der Waals surface area contributed by atoms with Crippen LogP contribution in [0.3, 0.4) is 0 Å². The first-order valence-corrected chi connectivity index (χ1v) is 11.1. The first-order chi connectivity index (χ1) is 15.0. The Bertz CT molecular complexity index is 855. The van der Waals surface area contributed by atoms with E-state index >= 15 is 0 Å². The third-order valence-corrected chi connectivity index (χ3v) is 6.53. The highest BCUT2D eigenvalue weighted by molar-refractivity contribution is 8.18. The van der Waals surface area contributed by atoms with E-state index in [0.717, 1.165) is 0 Å². The molecule has 2 aliphatic rings. The number of hydrogen-bond donors (Lipinski definition) is 2. The van der Waals surface area contributed by atoms with Crippen molar-refractivity contribution >= 4 is 34.6 Å². The van der Waals surface area contributed by atoms with Crippen molar-refractivity contribution in [3.8, 4) is 0 Å². The summed E-state index contributed by atoms with van der Waals surface area (Å²) in [7, 11) is 1.59. The fourth-order valence-electron chi connectivity index (χ4n) is 3.91. The van der Waals surface area contributed by atoms with Gasteiger partial charge in [0.1, 0.15) is 5.04 Å². The van der Waals surface area contributed by atoms with Crippen LogP contribution in [0.15, 0.2) is 33.2 Å². The van der Waals surface area contributed by atoms with Crippen LogP contribution in [0.4, 0.5) is 8.78 Å². The van der Waals surface area contributed by atoms with Crippen LogP contribution in [0.2, 0.25) is 0 Å². The highest BCUT2D eigenvalue weighted by Gasteiger charge is 2.60. The SMILES string of the molecule is C=CSC(=NC)C1=NCC(C(=O)OCC)=C(CN2CC(F)(F)C(C)(C)[C@@H]2CCC(=O)O)N1. The van der Waals surface area contributed by atoms with Gasteiger partial charge in [0.2, 0.25) is 0 Å². The van der Waals surface area contributed by atoms with E-state index in [2.05, 4.69) is 21.9 Å². The van der Waals surface area contributed by atoms with E-state index in [1.807, 2.05) is 0 Å². The Hall–Kier alpha value is -2.27. The molecule has 2 N–H and O–H groups in total. The Balaban J connectivity index is 2.38. The lowest BCUT2D eigenvalue weighted by molar-refractivity contribution is -0.139. The first-order valence-electron chi connectivity index (χ1n) is 10.3. The fourth-order valence-corrected chi connectivity index (χ4v) is 4.40. The molecule has 0 aromatic carbocycles. The van der Waals surface area contributed by atoms with E-state index in [0.29, 0.717) is 16.6 Å². The lowest BCUT2D eigenvalue weighted by atomic mass is 9.80. The number of halogens is 2. The number of nitrogens with zero attached hydrogens (tertiary/aromatic N) is 3. The Morgan fingerprint density at radius 2 is 2.16 bits per heavy atom. The van der Waals surface area contributed by atoms with E-state index in [1.165, 1.54) is 30.5 Å². The maximum atomic E-state index is 14.9. The Labute approximate surface area is 190 Å². The van der Waals surface area contributed by atoms with Crippen LogP contribution in [0.5, 0.6) is 0 Å². The molecule has 2 rings (SSSR count). The Kier molecular flexibility index (Phi) is 8.58. The summed E-state index contributed by atoms with van der Waals surface area (Å²) in [4.78, 5) is 33.7. The number of carbonyl (C=O) groups is 2. The van der Waals surface area contributed by atoms with Crippen molar-refractivity contribution in [1.29, 1.82) is 0 Å². The minimum Gasteiger partial charge on any atom is -0.481 e. The van der Waals surface area contributed by atoms with Crippen molar-refractivity contribution in [2.45, 2.75) is 45.6 Å². The van der Waals surface area contributed by atoms with Crippen LogP contribution < -0.4 is 5.32 Å². The summed E-state index contributed by atoms with van der Waals surface area (Å²) in [6.07, 6.45) is -0.165. The van der Waals surface area contributed by atoms with Crippen molar-refractivity contribution < 1.29 is 28.2 Å².